The first-order valence-electron chi connectivity index (χ1n) is 8.16. The zero-order valence-electron chi connectivity index (χ0n) is 15.4. The van der Waals surface area contributed by atoms with E-state index in [-0.39, 0.29) is 18.0 Å². The minimum atomic E-state index is -0.952. The highest BCUT2D eigenvalue weighted by Crippen LogP contribution is 2.38. The second kappa shape index (κ2) is 7.18. The molecule has 8 heteroatoms. The van der Waals surface area contributed by atoms with Gasteiger partial charge in [-0.2, -0.15) is 5.26 Å². The molecule has 1 aromatic rings. The molecule has 1 aliphatic heterocycles. The van der Waals surface area contributed by atoms with Crippen molar-refractivity contribution in [2.75, 3.05) is 6.54 Å². The first-order valence-corrected chi connectivity index (χ1v) is 8.16. The average Bonchev–Trinajstić information content (AvgIpc) is 2.71. The number of carbonyl (C=O) groups excluding carboxylic acids is 1. The molecule has 0 aliphatic carbocycles. The fourth-order valence-electron chi connectivity index (χ4n) is 2.42. The molecule has 1 aliphatic rings. The Morgan fingerprint density at radius 2 is 1.73 bits per heavy atom. The van der Waals surface area contributed by atoms with Gasteiger partial charge >= 0.3 is 7.12 Å². The van der Waals surface area contributed by atoms with Crippen LogP contribution in [-0.2, 0) is 14.1 Å². The summed E-state index contributed by atoms with van der Waals surface area (Å²) >= 11 is 0. The molecule has 0 radical (unpaired) electrons. The Kier molecular flexibility index (Phi) is 5.54. The summed E-state index contributed by atoms with van der Waals surface area (Å²) in [4.78, 5) is 11.3. The molecule has 1 saturated heterocycles. The zero-order valence-corrected chi connectivity index (χ0v) is 15.4. The Bertz CT molecular complexity index is 761. The number of rotatable bonds is 4. The van der Waals surface area contributed by atoms with Gasteiger partial charge in [-0.3, -0.25) is 4.79 Å². The number of halogens is 2. The van der Waals surface area contributed by atoms with Crippen LogP contribution in [0.15, 0.2) is 17.6 Å². The van der Waals surface area contributed by atoms with Crippen LogP contribution in [0.25, 0.3) is 6.08 Å². The van der Waals surface area contributed by atoms with Gasteiger partial charge in [0.25, 0.3) is 0 Å². The molecule has 0 unspecified atom stereocenters. The Morgan fingerprint density at radius 1 is 1.23 bits per heavy atom. The van der Waals surface area contributed by atoms with Gasteiger partial charge in [0.1, 0.15) is 23.3 Å². The predicted octanol–water partition coefficient (Wildman–Crippen LogP) is 2.99. The van der Waals surface area contributed by atoms with Crippen molar-refractivity contribution in [3.05, 3.63) is 40.4 Å². The molecule has 0 bridgehead atoms. The molecular formula is C18H21BF2N2O3. The third kappa shape index (κ3) is 4.11. The van der Waals surface area contributed by atoms with Gasteiger partial charge < -0.3 is 14.6 Å². The minimum absolute atomic E-state index is 0.0927. The molecule has 1 aromatic carbocycles. The Balaban J connectivity index is 2.41. The summed E-state index contributed by atoms with van der Waals surface area (Å²) in [6.07, 6.45) is 1.49. The molecule has 0 atom stereocenters. The third-order valence-electron chi connectivity index (χ3n) is 4.63. The summed E-state index contributed by atoms with van der Waals surface area (Å²) in [7, 11) is -0.784. The van der Waals surface area contributed by atoms with Crippen LogP contribution in [-0.4, -0.2) is 30.8 Å². The van der Waals surface area contributed by atoms with Crippen LogP contribution in [0.4, 0.5) is 8.78 Å². The second-order valence-corrected chi connectivity index (χ2v) is 7.19. The van der Waals surface area contributed by atoms with E-state index < -0.39 is 35.5 Å². The van der Waals surface area contributed by atoms with Crippen molar-refractivity contribution >= 4 is 19.1 Å². The van der Waals surface area contributed by atoms with Crippen LogP contribution in [0.2, 0.25) is 0 Å². The maximum Gasteiger partial charge on any atom is 0.492 e. The number of nitriles is 1. The smallest absolute Gasteiger partial charge is 0.400 e. The van der Waals surface area contributed by atoms with Crippen molar-refractivity contribution in [2.45, 2.75) is 45.8 Å². The van der Waals surface area contributed by atoms with Gasteiger partial charge in [0.15, 0.2) is 0 Å². The van der Waals surface area contributed by atoms with Crippen molar-refractivity contribution in [3.63, 3.8) is 0 Å². The van der Waals surface area contributed by atoms with E-state index in [0.717, 1.165) is 12.1 Å². The number of benzene rings is 1. The van der Waals surface area contributed by atoms with E-state index in [0.29, 0.717) is 5.47 Å². The van der Waals surface area contributed by atoms with Crippen molar-refractivity contribution in [2.24, 2.45) is 0 Å². The first-order chi connectivity index (χ1) is 12.0. The summed E-state index contributed by atoms with van der Waals surface area (Å²) in [6, 6.07) is 3.60. The number of hydrogen-bond donors (Lipinski definition) is 1. The van der Waals surface area contributed by atoms with E-state index >= 15 is 0 Å². The summed E-state index contributed by atoms with van der Waals surface area (Å²) in [6.45, 7) is 8.97. The van der Waals surface area contributed by atoms with Gasteiger partial charge in [0, 0.05) is 13.5 Å². The fourth-order valence-corrected chi connectivity index (χ4v) is 2.42. The molecule has 1 N–H and O–H groups in total. The molecule has 2 rings (SSSR count). The third-order valence-corrected chi connectivity index (χ3v) is 4.63. The van der Waals surface area contributed by atoms with Gasteiger partial charge in [0.2, 0.25) is 5.91 Å². The van der Waals surface area contributed by atoms with Crippen molar-refractivity contribution < 1.29 is 22.9 Å². The van der Waals surface area contributed by atoms with Crippen molar-refractivity contribution in [3.8, 4) is 6.07 Å². The lowest BCUT2D eigenvalue weighted by Gasteiger charge is -2.32. The number of amides is 1. The summed E-state index contributed by atoms with van der Waals surface area (Å²) < 4.78 is 39.7. The fraction of sp³-hybridized carbons (Fsp3) is 0.444. The van der Waals surface area contributed by atoms with Crippen LogP contribution >= 0.6 is 0 Å². The van der Waals surface area contributed by atoms with Gasteiger partial charge in [-0.05, 0) is 50.9 Å². The molecule has 0 aromatic heterocycles. The van der Waals surface area contributed by atoms with Gasteiger partial charge in [-0.1, -0.05) is 6.08 Å². The number of hydrogen-bond acceptors (Lipinski definition) is 4. The van der Waals surface area contributed by atoms with E-state index in [9.17, 15) is 13.6 Å². The van der Waals surface area contributed by atoms with E-state index in [1.165, 1.54) is 19.1 Å². The van der Waals surface area contributed by atoms with E-state index in [4.69, 9.17) is 14.6 Å². The number of carbonyl (C=O) groups is 1. The molecular weight excluding hydrogens is 341 g/mol. The molecule has 1 amide bonds. The SMILES string of the molecule is CC(=O)NCC(=Cc1cc(F)c(C#N)c(F)c1)B1OC(C)(C)C(C)(C)O1. The van der Waals surface area contributed by atoms with Crippen LogP contribution in [0.3, 0.4) is 0 Å². The van der Waals surface area contributed by atoms with Crippen LogP contribution in [0.1, 0.15) is 45.7 Å². The van der Waals surface area contributed by atoms with Gasteiger partial charge in [0.05, 0.1) is 11.2 Å². The Labute approximate surface area is 152 Å². The second-order valence-electron chi connectivity index (χ2n) is 7.19. The quantitative estimate of drug-likeness (QED) is 0.836. The topological polar surface area (TPSA) is 71.4 Å². The molecule has 0 saturated carbocycles. The van der Waals surface area contributed by atoms with E-state index in [1.807, 2.05) is 27.7 Å². The molecule has 1 fully saturated rings. The maximum atomic E-state index is 13.9. The maximum absolute atomic E-state index is 13.9. The lowest BCUT2D eigenvalue weighted by molar-refractivity contribution is -0.118. The summed E-state index contributed by atoms with van der Waals surface area (Å²) in [5, 5.41) is 11.4. The Morgan fingerprint density at radius 3 is 2.15 bits per heavy atom. The normalized spacial score (nSPS) is 18.5. The van der Waals surface area contributed by atoms with Crippen LogP contribution < -0.4 is 5.32 Å². The zero-order chi connectivity index (χ0) is 19.7. The Hall–Kier alpha value is -2.24. The summed E-state index contributed by atoms with van der Waals surface area (Å²) in [5.41, 5.74) is -1.14. The standard InChI is InChI=1S/C18H21BF2N2O3/c1-11(24)23-10-13(19-25-17(2,3)18(4,5)26-19)6-12-7-15(20)14(9-22)16(21)8-12/h6-8H,10H2,1-5H3,(H,23,24). The monoisotopic (exact) mass is 362 g/mol. The van der Waals surface area contributed by atoms with E-state index in [1.54, 1.807) is 0 Å². The average molecular weight is 362 g/mol. The molecule has 5 nitrogen and oxygen atoms in total. The largest absolute Gasteiger partial charge is 0.492 e. The molecule has 1 heterocycles. The lowest BCUT2D eigenvalue weighted by Crippen LogP contribution is -2.41. The number of nitrogens with zero attached hydrogens (tertiary/aromatic N) is 1. The highest BCUT2D eigenvalue weighted by molar-refractivity contribution is 6.56. The highest BCUT2D eigenvalue weighted by atomic mass is 19.1. The van der Waals surface area contributed by atoms with E-state index in [2.05, 4.69) is 5.32 Å². The summed E-state index contributed by atoms with van der Waals surface area (Å²) in [5.74, 6) is -2.16. The van der Waals surface area contributed by atoms with Crippen LogP contribution in [0, 0.1) is 23.0 Å². The predicted molar refractivity (Wildman–Crippen MR) is 93.8 cm³/mol. The number of nitrogens with one attached hydrogen (secondary N) is 1. The minimum Gasteiger partial charge on any atom is -0.400 e. The molecule has 0 spiro atoms. The van der Waals surface area contributed by atoms with Gasteiger partial charge in [-0.15, -0.1) is 0 Å². The first kappa shape index (κ1) is 20.1. The van der Waals surface area contributed by atoms with Gasteiger partial charge in [-0.25, -0.2) is 8.78 Å². The highest BCUT2D eigenvalue weighted by Gasteiger charge is 2.52. The lowest BCUT2D eigenvalue weighted by atomic mass is 9.77. The molecule has 138 valence electrons. The van der Waals surface area contributed by atoms with Crippen LogP contribution in [0.5, 0.6) is 0 Å². The van der Waals surface area contributed by atoms with Crippen molar-refractivity contribution in [1.29, 1.82) is 5.26 Å². The van der Waals surface area contributed by atoms with Crippen molar-refractivity contribution in [1.82, 2.24) is 5.32 Å². The molecule has 26 heavy (non-hydrogen) atoms.